The average Bonchev–Trinajstić information content (AvgIpc) is 2.86. The standard InChI is InChI=1S/C21H45O8P3S6/c1-8-11-14-26-31(34,27-15-12-9-2)38-18-20(5)29-32(35,36-16-13-21(22)25-10-3)28-19(4)17-37-30(33,23-6)24-7/h19-20H,8-18H2,1-7H3. The van der Waals surface area contributed by atoms with Gasteiger partial charge in [-0.15, -0.1) is 0 Å². The molecule has 38 heavy (non-hydrogen) atoms. The molecule has 0 radical (unpaired) electrons. The molecular formula is C21H45O8P3S6. The van der Waals surface area contributed by atoms with Crippen molar-refractivity contribution >= 4 is 92.6 Å². The van der Waals surface area contributed by atoms with Crippen LogP contribution in [0.4, 0.5) is 0 Å². The van der Waals surface area contributed by atoms with Crippen LogP contribution in [0.2, 0.25) is 0 Å². The van der Waals surface area contributed by atoms with Gasteiger partial charge in [0, 0.05) is 31.5 Å². The van der Waals surface area contributed by atoms with E-state index < -0.39 is 17.1 Å². The number of unbranched alkanes of at least 4 members (excludes halogenated alkanes) is 2. The molecule has 0 aromatic heterocycles. The topological polar surface area (TPSA) is 81.7 Å². The first-order valence-corrected chi connectivity index (χ1v) is 25.3. The van der Waals surface area contributed by atoms with Gasteiger partial charge in [-0.25, -0.2) is 0 Å². The SMILES string of the molecule is CCCCOP(=S)(OCCCC)SCC(C)OP(=S)(OC(C)CSP(=S)(OC)OC)SCCC(=O)OCC. The summed E-state index contributed by atoms with van der Waals surface area (Å²) in [7, 11) is 3.08. The summed E-state index contributed by atoms with van der Waals surface area (Å²) < 4.78 is 40.5. The zero-order valence-electron chi connectivity index (χ0n) is 23.5. The maximum absolute atomic E-state index is 11.9. The fraction of sp³-hybridized carbons (Fsp3) is 0.952. The van der Waals surface area contributed by atoms with Crippen LogP contribution >= 0.6 is 51.2 Å². The zero-order chi connectivity index (χ0) is 29.1. The van der Waals surface area contributed by atoms with Crippen LogP contribution in [0.15, 0.2) is 0 Å². The zero-order valence-corrected chi connectivity index (χ0v) is 31.1. The van der Waals surface area contributed by atoms with E-state index in [0.29, 0.717) is 37.1 Å². The molecule has 0 spiro atoms. The van der Waals surface area contributed by atoms with E-state index in [0.717, 1.165) is 25.7 Å². The Morgan fingerprint density at radius 2 is 1.24 bits per heavy atom. The van der Waals surface area contributed by atoms with Crippen molar-refractivity contribution in [3.05, 3.63) is 0 Å². The molecule has 0 saturated carbocycles. The molecule has 3 unspecified atom stereocenters. The Kier molecular flexibility index (Phi) is 24.1. The first-order chi connectivity index (χ1) is 17.9. The fourth-order valence-corrected chi connectivity index (χ4v) is 15.7. The minimum absolute atomic E-state index is 0.224. The number of hydrogen-bond donors (Lipinski definition) is 0. The molecule has 0 aromatic carbocycles. The lowest BCUT2D eigenvalue weighted by molar-refractivity contribution is -0.142. The second kappa shape index (κ2) is 22.7. The number of ether oxygens (including phenoxy) is 1. The van der Waals surface area contributed by atoms with Crippen molar-refractivity contribution in [1.29, 1.82) is 0 Å². The quantitative estimate of drug-likeness (QED) is 0.0516. The first kappa shape index (κ1) is 40.2. The highest BCUT2D eigenvalue weighted by atomic mass is 32.9. The summed E-state index contributed by atoms with van der Waals surface area (Å²) in [6, 6.07) is 0. The molecule has 0 aliphatic heterocycles. The molecule has 0 N–H and O–H groups in total. The highest BCUT2D eigenvalue weighted by molar-refractivity contribution is 8.68. The Morgan fingerprint density at radius 3 is 1.66 bits per heavy atom. The lowest BCUT2D eigenvalue weighted by Crippen LogP contribution is -2.15. The third-order valence-electron chi connectivity index (χ3n) is 4.36. The van der Waals surface area contributed by atoms with Crippen molar-refractivity contribution in [2.24, 2.45) is 0 Å². The predicted molar refractivity (Wildman–Crippen MR) is 178 cm³/mol. The maximum Gasteiger partial charge on any atom is 0.306 e. The number of hydrogen-bond acceptors (Lipinski definition) is 14. The van der Waals surface area contributed by atoms with Gasteiger partial charge in [0.2, 0.25) is 17.1 Å². The third kappa shape index (κ3) is 19.4. The van der Waals surface area contributed by atoms with Gasteiger partial charge in [-0.2, -0.15) is 0 Å². The van der Waals surface area contributed by atoms with E-state index in [1.165, 1.54) is 34.1 Å². The minimum atomic E-state index is -2.83. The van der Waals surface area contributed by atoms with Crippen LogP contribution in [0.25, 0.3) is 0 Å². The average molecular weight is 711 g/mol. The molecule has 0 heterocycles. The maximum atomic E-state index is 11.9. The summed E-state index contributed by atoms with van der Waals surface area (Å²) >= 11 is 21.4. The van der Waals surface area contributed by atoms with E-state index in [1.807, 2.05) is 13.8 Å². The molecule has 0 amide bonds. The van der Waals surface area contributed by atoms with Gasteiger partial charge < -0.3 is 31.9 Å². The summed E-state index contributed by atoms with van der Waals surface area (Å²) in [5, 5.41) is 0. The van der Waals surface area contributed by atoms with Gasteiger partial charge >= 0.3 is 5.97 Å². The van der Waals surface area contributed by atoms with Crippen LogP contribution in [-0.4, -0.2) is 69.5 Å². The number of carbonyl (C=O) groups excluding carboxylic acids is 1. The molecule has 0 rings (SSSR count). The number of carbonyl (C=O) groups is 1. The van der Waals surface area contributed by atoms with E-state index in [1.54, 1.807) is 21.1 Å². The number of esters is 1. The van der Waals surface area contributed by atoms with Gasteiger partial charge in [0.25, 0.3) is 0 Å². The molecule has 17 heteroatoms. The van der Waals surface area contributed by atoms with Gasteiger partial charge in [-0.05, 0) is 69.0 Å². The van der Waals surface area contributed by atoms with Crippen LogP contribution in [0.1, 0.15) is 66.7 Å². The van der Waals surface area contributed by atoms with Crippen molar-refractivity contribution in [2.75, 3.05) is 51.3 Å². The number of rotatable bonds is 25. The van der Waals surface area contributed by atoms with Crippen LogP contribution in [0, 0.1) is 0 Å². The second-order valence-electron chi connectivity index (χ2n) is 7.89. The van der Waals surface area contributed by atoms with Gasteiger partial charge in [0.05, 0.1) is 38.4 Å². The summed E-state index contributed by atoms with van der Waals surface area (Å²) in [6.45, 7) is 11.4. The normalized spacial score (nSPS) is 15.7. The molecule has 0 bridgehead atoms. The molecule has 0 aliphatic rings. The molecule has 228 valence electrons. The lowest BCUT2D eigenvalue weighted by Gasteiger charge is -2.29. The Labute approximate surface area is 257 Å². The van der Waals surface area contributed by atoms with Gasteiger partial charge in [0.15, 0.2) is 0 Å². The van der Waals surface area contributed by atoms with Gasteiger partial charge in [-0.3, -0.25) is 4.79 Å². The molecule has 0 aliphatic carbocycles. The molecule has 0 saturated heterocycles. The monoisotopic (exact) mass is 710 g/mol. The highest BCUT2D eigenvalue weighted by Crippen LogP contribution is 2.66. The van der Waals surface area contributed by atoms with Crippen LogP contribution in [0.3, 0.4) is 0 Å². The van der Waals surface area contributed by atoms with Crippen molar-refractivity contribution in [3.63, 3.8) is 0 Å². The smallest absolute Gasteiger partial charge is 0.306 e. The van der Waals surface area contributed by atoms with E-state index in [-0.39, 0.29) is 24.6 Å². The molecular weight excluding hydrogens is 666 g/mol. The molecule has 0 aromatic rings. The van der Waals surface area contributed by atoms with Crippen LogP contribution in [-0.2, 0) is 72.1 Å². The predicted octanol–water partition coefficient (Wildman–Crippen LogP) is 8.55. The summed E-state index contributed by atoms with van der Waals surface area (Å²) in [6.07, 6.45) is 3.61. The van der Waals surface area contributed by atoms with Crippen molar-refractivity contribution < 1.29 is 36.7 Å². The lowest BCUT2D eigenvalue weighted by atomic mass is 10.4. The summed E-state index contributed by atoms with van der Waals surface area (Å²) in [5.74, 6) is 1.23. The Balaban J connectivity index is 5.30. The van der Waals surface area contributed by atoms with Crippen LogP contribution in [0.5, 0.6) is 0 Å². The summed E-state index contributed by atoms with van der Waals surface area (Å²) in [4.78, 5) is 11.9. The van der Waals surface area contributed by atoms with E-state index in [2.05, 4.69) is 13.8 Å². The Hall–Kier alpha value is 2.23. The van der Waals surface area contributed by atoms with E-state index in [4.69, 9.17) is 67.3 Å². The van der Waals surface area contributed by atoms with Gasteiger partial charge in [-0.1, -0.05) is 60.8 Å². The highest BCUT2D eigenvalue weighted by Gasteiger charge is 2.29. The molecule has 3 atom stereocenters. The first-order valence-electron chi connectivity index (χ1n) is 12.6. The Bertz CT molecular complexity index is 772. The fourth-order valence-electron chi connectivity index (χ4n) is 2.39. The Morgan fingerprint density at radius 1 is 0.763 bits per heavy atom. The van der Waals surface area contributed by atoms with Crippen LogP contribution < -0.4 is 0 Å². The van der Waals surface area contributed by atoms with Crippen molar-refractivity contribution in [3.8, 4) is 0 Å². The largest absolute Gasteiger partial charge is 0.466 e. The minimum Gasteiger partial charge on any atom is -0.466 e. The second-order valence-corrected chi connectivity index (χ2v) is 27.2. The van der Waals surface area contributed by atoms with Crippen molar-refractivity contribution in [1.82, 2.24) is 0 Å². The van der Waals surface area contributed by atoms with Crippen molar-refractivity contribution in [2.45, 2.75) is 78.9 Å². The van der Waals surface area contributed by atoms with Gasteiger partial charge in [0.1, 0.15) is 0 Å². The summed E-state index contributed by atoms with van der Waals surface area (Å²) in [5.41, 5.74) is -7.76. The molecule has 8 nitrogen and oxygen atoms in total. The molecule has 0 fully saturated rings. The van der Waals surface area contributed by atoms with E-state index in [9.17, 15) is 4.79 Å². The van der Waals surface area contributed by atoms with E-state index >= 15 is 0 Å². The third-order valence-corrected chi connectivity index (χ3v) is 21.3.